The van der Waals surface area contributed by atoms with Crippen LogP contribution in [0, 0.1) is 0 Å². The van der Waals surface area contributed by atoms with Crippen molar-refractivity contribution in [2.75, 3.05) is 38.3 Å². The molecule has 0 aliphatic carbocycles. The van der Waals surface area contributed by atoms with E-state index in [0.717, 1.165) is 10.4 Å². The number of carbonyl (C=O) groups excluding carboxylic acids is 2. The molecule has 11 nitrogen and oxygen atoms in total. The van der Waals surface area contributed by atoms with E-state index >= 15 is 0 Å². The molecule has 11 heteroatoms. The lowest BCUT2D eigenvalue weighted by molar-refractivity contribution is -0.142. The highest BCUT2D eigenvalue weighted by Crippen LogP contribution is 2.19. The average molecular weight is 418 g/mol. The second-order valence-corrected chi connectivity index (χ2v) is 6.65. The molecule has 3 N–H and O–H groups in total. The van der Waals surface area contributed by atoms with Gasteiger partial charge in [0.25, 0.3) is 11.5 Å². The Labute approximate surface area is 171 Å². The van der Waals surface area contributed by atoms with Crippen molar-refractivity contribution in [3.63, 3.8) is 0 Å². The van der Waals surface area contributed by atoms with Gasteiger partial charge in [-0.2, -0.15) is 5.10 Å². The minimum Gasteiger partial charge on any atom is -0.480 e. The van der Waals surface area contributed by atoms with Crippen molar-refractivity contribution in [2.24, 2.45) is 0 Å². The summed E-state index contributed by atoms with van der Waals surface area (Å²) < 4.78 is 11.3. The van der Waals surface area contributed by atoms with Gasteiger partial charge in [0.1, 0.15) is 12.6 Å². The summed E-state index contributed by atoms with van der Waals surface area (Å²) in [5.41, 5.74) is 0.381. The van der Waals surface area contributed by atoms with Gasteiger partial charge < -0.3 is 19.9 Å². The molecule has 160 valence electrons. The number of hydrogen-bond acceptors (Lipinski definition) is 8. The Balaban J connectivity index is 1.55. The van der Waals surface area contributed by atoms with E-state index in [1.807, 2.05) is 0 Å². The first-order valence-electron chi connectivity index (χ1n) is 9.42. The van der Waals surface area contributed by atoms with E-state index < -0.39 is 23.5 Å². The summed E-state index contributed by atoms with van der Waals surface area (Å²) in [6, 6.07) is 4.38. The normalized spacial score (nSPS) is 16.5. The van der Waals surface area contributed by atoms with Gasteiger partial charge in [0, 0.05) is 24.0 Å². The van der Waals surface area contributed by atoms with Gasteiger partial charge in [-0.3, -0.25) is 19.7 Å². The quantitative estimate of drug-likeness (QED) is 0.355. The van der Waals surface area contributed by atoms with E-state index in [9.17, 15) is 19.2 Å². The molecule has 1 aliphatic heterocycles. The van der Waals surface area contributed by atoms with E-state index in [4.69, 9.17) is 14.6 Å². The number of nitrogens with one attached hydrogen (secondary N) is 2. The van der Waals surface area contributed by atoms with E-state index in [0.29, 0.717) is 23.9 Å². The predicted octanol–water partition coefficient (Wildman–Crippen LogP) is -0.0961. The number of aliphatic carboxylic acids is 1. The number of carboxylic acid groups (broad SMARTS) is 1. The van der Waals surface area contributed by atoms with Crippen LogP contribution < -0.4 is 16.2 Å². The largest absolute Gasteiger partial charge is 0.480 e. The van der Waals surface area contributed by atoms with Crippen LogP contribution in [0.3, 0.4) is 0 Å². The summed E-state index contributed by atoms with van der Waals surface area (Å²) in [6.45, 7) is 1.04. The van der Waals surface area contributed by atoms with Gasteiger partial charge in [-0.25, -0.2) is 9.48 Å². The maximum atomic E-state index is 12.7. The number of carbonyl (C=O) groups is 3. The van der Waals surface area contributed by atoms with Gasteiger partial charge in [-0.15, -0.1) is 0 Å². The van der Waals surface area contributed by atoms with Crippen molar-refractivity contribution in [3.8, 4) is 0 Å². The zero-order valence-corrected chi connectivity index (χ0v) is 16.1. The average Bonchev–Trinajstić information content (AvgIpc) is 2.71. The number of hydrogen-bond donors (Lipinski definition) is 3. The first-order valence-corrected chi connectivity index (χ1v) is 9.42. The first kappa shape index (κ1) is 21.4. The summed E-state index contributed by atoms with van der Waals surface area (Å²) in [6.07, 6.45) is 1.92. The number of carboxylic acids is 1. The summed E-state index contributed by atoms with van der Waals surface area (Å²) in [4.78, 5) is 46.4. The maximum absolute atomic E-state index is 12.7. The third kappa shape index (κ3) is 5.39. The maximum Gasteiger partial charge on any atom is 0.329 e. The minimum atomic E-state index is -1.02. The number of aromatic nitrogens is 2. The van der Waals surface area contributed by atoms with Gasteiger partial charge in [-0.05, 0) is 24.6 Å². The molecule has 30 heavy (non-hydrogen) atoms. The first-order chi connectivity index (χ1) is 14.5. The minimum absolute atomic E-state index is 0.166. The molecule has 3 rings (SSSR count). The molecule has 1 aromatic heterocycles. The van der Waals surface area contributed by atoms with E-state index in [1.54, 1.807) is 18.2 Å². The molecular weight excluding hydrogens is 396 g/mol. The third-order valence-corrected chi connectivity index (χ3v) is 4.49. The van der Waals surface area contributed by atoms with Crippen molar-refractivity contribution < 1.29 is 29.0 Å². The summed E-state index contributed by atoms with van der Waals surface area (Å²) in [7, 11) is 0. The number of nitrogens with zero attached hydrogens (tertiary/aromatic N) is 2. The second kappa shape index (κ2) is 9.94. The van der Waals surface area contributed by atoms with Gasteiger partial charge >= 0.3 is 5.97 Å². The summed E-state index contributed by atoms with van der Waals surface area (Å²) in [5, 5.41) is 19.0. The number of imide groups is 1. The van der Waals surface area contributed by atoms with Gasteiger partial charge in [0.05, 0.1) is 31.4 Å². The van der Waals surface area contributed by atoms with Crippen molar-refractivity contribution >= 4 is 34.2 Å². The molecule has 0 saturated carbocycles. The lowest BCUT2D eigenvalue weighted by atomic mass is 10.1. The van der Waals surface area contributed by atoms with Crippen molar-refractivity contribution in [3.05, 3.63) is 34.7 Å². The number of anilines is 1. The number of rotatable bonds is 10. The van der Waals surface area contributed by atoms with Gasteiger partial charge in [0.15, 0.2) is 0 Å². The predicted molar refractivity (Wildman–Crippen MR) is 105 cm³/mol. The van der Waals surface area contributed by atoms with Gasteiger partial charge in [0.2, 0.25) is 5.91 Å². The third-order valence-electron chi connectivity index (χ3n) is 4.49. The number of benzene rings is 1. The van der Waals surface area contributed by atoms with Crippen LogP contribution in [-0.2, 0) is 23.9 Å². The number of amides is 2. The highest BCUT2D eigenvalue weighted by atomic mass is 16.5. The van der Waals surface area contributed by atoms with Crippen LogP contribution in [0.4, 0.5) is 5.69 Å². The number of piperidine rings is 1. The molecule has 1 aliphatic rings. The smallest absolute Gasteiger partial charge is 0.329 e. The Bertz CT molecular complexity index is 1000. The summed E-state index contributed by atoms with van der Waals surface area (Å²) >= 11 is 0. The van der Waals surface area contributed by atoms with Crippen LogP contribution >= 0.6 is 0 Å². The van der Waals surface area contributed by atoms with Crippen LogP contribution in [0.2, 0.25) is 0 Å². The molecule has 1 saturated heterocycles. The zero-order valence-electron chi connectivity index (χ0n) is 16.1. The number of ether oxygens (including phenoxy) is 2. The standard InChI is InChI=1S/C19H22N4O7/c24-16-4-3-15(18(27)22-16)23-19(28)14-2-1-13(9-12(14)10-21-23)20-5-6-29-7-8-30-11-17(25)26/h1-2,9-10,15,20H,3-8,11H2,(H,25,26)(H,22,24,27). The van der Waals surface area contributed by atoms with E-state index in [-0.39, 0.29) is 38.6 Å². The van der Waals surface area contributed by atoms with Crippen LogP contribution in [0.1, 0.15) is 18.9 Å². The molecule has 1 aromatic carbocycles. The highest BCUT2D eigenvalue weighted by molar-refractivity contribution is 5.99. The van der Waals surface area contributed by atoms with Crippen molar-refractivity contribution in [1.29, 1.82) is 0 Å². The summed E-state index contributed by atoms with van der Waals surface area (Å²) in [5.74, 6) is -1.89. The second-order valence-electron chi connectivity index (χ2n) is 6.65. The monoisotopic (exact) mass is 418 g/mol. The Morgan fingerprint density at radius 2 is 2.03 bits per heavy atom. The topological polar surface area (TPSA) is 149 Å². The molecule has 0 radical (unpaired) electrons. The highest BCUT2D eigenvalue weighted by Gasteiger charge is 2.29. The molecule has 1 atom stereocenters. The SMILES string of the molecule is O=C(O)COCCOCCNc1ccc2c(=O)n(C3CCC(=O)NC3=O)ncc2c1. The fourth-order valence-electron chi connectivity index (χ4n) is 3.06. The fourth-order valence-corrected chi connectivity index (χ4v) is 3.06. The molecule has 1 unspecified atom stereocenters. The van der Waals surface area contributed by atoms with E-state index in [2.05, 4.69) is 15.7 Å². The molecule has 1 fully saturated rings. The Morgan fingerprint density at radius 1 is 1.23 bits per heavy atom. The molecule has 2 aromatic rings. The van der Waals surface area contributed by atoms with Crippen molar-refractivity contribution in [1.82, 2.24) is 15.1 Å². The molecular formula is C19H22N4O7. The van der Waals surface area contributed by atoms with Crippen LogP contribution in [0.25, 0.3) is 10.8 Å². The van der Waals surface area contributed by atoms with Crippen LogP contribution in [0.15, 0.2) is 29.2 Å². The van der Waals surface area contributed by atoms with Gasteiger partial charge in [-0.1, -0.05) is 0 Å². The molecule has 0 spiro atoms. The van der Waals surface area contributed by atoms with Crippen LogP contribution in [-0.4, -0.2) is 65.6 Å². The Hall–Kier alpha value is -3.31. The molecule has 2 heterocycles. The molecule has 0 bridgehead atoms. The fraction of sp³-hybridized carbons (Fsp3) is 0.421. The number of fused-ring (bicyclic) bond motifs is 1. The lowest BCUT2D eigenvalue weighted by Crippen LogP contribution is -2.45. The van der Waals surface area contributed by atoms with Crippen molar-refractivity contribution in [2.45, 2.75) is 18.9 Å². The lowest BCUT2D eigenvalue weighted by Gasteiger charge is -2.21. The van der Waals surface area contributed by atoms with Crippen LogP contribution in [0.5, 0.6) is 0 Å². The Kier molecular flexibility index (Phi) is 7.09. The van der Waals surface area contributed by atoms with E-state index in [1.165, 1.54) is 6.20 Å². The zero-order chi connectivity index (χ0) is 21.5. The Morgan fingerprint density at radius 3 is 2.80 bits per heavy atom. The molecule has 2 amide bonds.